The number of ether oxygens (including phenoxy) is 1. The predicted octanol–water partition coefficient (Wildman–Crippen LogP) is 10.2. The largest absolute Gasteiger partial charge is 0.490 e. The first-order valence-corrected chi connectivity index (χ1v) is 13.3. The molecule has 0 bridgehead atoms. The lowest BCUT2D eigenvalue weighted by Crippen LogP contribution is -2.05. The van der Waals surface area contributed by atoms with Crippen molar-refractivity contribution in [2.45, 2.75) is 58.3 Å². The van der Waals surface area contributed by atoms with Gasteiger partial charge in [-0.2, -0.15) is 4.39 Å². The smallest absolute Gasteiger partial charge is 0.201 e. The lowest BCUT2D eigenvalue weighted by atomic mass is 9.84. The Balaban J connectivity index is 1.47. The Labute approximate surface area is 218 Å². The molecule has 0 spiro atoms. The van der Waals surface area contributed by atoms with E-state index in [1.807, 2.05) is 12.1 Å². The minimum atomic E-state index is -0.983. The number of benzene rings is 3. The minimum Gasteiger partial charge on any atom is -0.490 e. The molecule has 37 heavy (non-hydrogen) atoms. The molecule has 4 rings (SSSR count). The minimum absolute atomic E-state index is 0.0727. The maximum absolute atomic E-state index is 15.1. The van der Waals surface area contributed by atoms with Gasteiger partial charge in [-0.1, -0.05) is 68.3 Å². The van der Waals surface area contributed by atoms with Crippen LogP contribution in [0, 0.1) is 23.4 Å². The van der Waals surface area contributed by atoms with E-state index in [1.165, 1.54) is 17.7 Å². The fourth-order valence-electron chi connectivity index (χ4n) is 4.95. The van der Waals surface area contributed by atoms with Crippen molar-refractivity contribution >= 4 is 5.57 Å². The van der Waals surface area contributed by atoms with Crippen molar-refractivity contribution in [3.8, 4) is 28.0 Å². The van der Waals surface area contributed by atoms with Crippen molar-refractivity contribution in [2.24, 2.45) is 5.92 Å². The van der Waals surface area contributed by atoms with Gasteiger partial charge in [-0.25, -0.2) is 8.78 Å². The molecule has 0 saturated heterocycles. The third-order valence-electron chi connectivity index (χ3n) is 7.20. The van der Waals surface area contributed by atoms with Crippen LogP contribution in [0.5, 0.6) is 5.75 Å². The van der Waals surface area contributed by atoms with Crippen molar-refractivity contribution in [3.63, 3.8) is 0 Å². The molecule has 0 aliphatic heterocycles. The monoisotopic (exact) mass is 504 g/mol. The molecule has 0 heterocycles. The standard InChI is InChI=1S/C33H35F3O/c1-3-5-7-21-37-31-20-19-29(32(35)33(31)36)26-15-13-25(14-16-26)28-18-17-27(22-30(28)34)24-11-9-23(10-12-24)8-6-4-2/h4,11,13-20,22-23H,2-3,5-10,12,21H2,1H3. The van der Waals surface area contributed by atoms with Gasteiger partial charge in [0.25, 0.3) is 0 Å². The normalized spacial score (nSPS) is 15.4. The summed E-state index contributed by atoms with van der Waals surface area (Å²) in [6, 6.07) is 15.2. The zero-order valence-electron chi connectivity index (χ0n) is 21.5. The van der Waals surface area contributed by atoms with Gasteiger partial charge in [0.15, 0.2) is 11.6 Å². The van der Waals surface area contributed by atoms with Crippen LogP contribution in [0.25, 0.3) is 27.8 Å². The second-order valence-electron chi connectivity index (χ2n) is 9.80. The number of hydrogen-bond acceptors (Lipinski definition) is 1. The molecule has 1 aliphatic carbocycles. The summed E-state index contributed by atoms with van der Waals surface area (Å²) in [7, 11) is 0. The van der Waals surface area contributed by atoms with Crippen LogP contribution < -0.4 is 4.74 Å². The van der Waals surface area contributed by atoms with Crippen molar-refractivity contribution in [1.29, 1.82) is 0 Å². The molecule has 0 fully saturated rings. The highest BCUT2D eigenvalue weighted by Gasteiger charge is 2.18. The van der Waals surface area contributed by atoms with Gasteiger partial charge < -0.3 is 4.74 Å². The van der Waals surface area contributed by atoms with E-state index in [-0.39, 0.29) is 17.1 Å². The number of rotatable bonds is 11. The highest BCUT2D eigenvalue weighted by Crippen LogP contribution is 2.35. The molecule has 1 nitrogen and oxygen atoms in total. The molecule has 1 unspecified atom stereocenters. The Kier molecular flexibility index (Phi) is 9.27. The first-order valence-electron chi connectivity index (χ1n) is 13.3. The molecule has 0 aromatic heterocycles. The maximum atomic E-state index is 15.1. The van der Waals surface area contributed by atoms with Crippen molar-refractivity contribution < 1.29 is 17.9 Å². The Morgan fingerprint density at radius 2 is 1.59 bits per heavy atom. The SMILES string of the molecule is C=CCCC1CC=C(c2ccc(-c3ccc(-c4ccc(OCCCCC)c(F)c4F)cc3)c(F)c2)CC1. The molecule has 0 radical (unpaired) electrons. The van der Waals surface area contributed by atoms with E-state index in [0.717, 1.165) is 56.9 Å². The average molecular weight is 505 g/mol. The number of hydrogen-bond donors (Lipinski definition) is 0. The first-order chi connectivity index (χ1) is 18.0. The lowest BCUT2D eigenvalue weighted by Gasteiger charge is -2.22. The molecule has 0 saturated carbocycles. The highest BCUT2D eigenvalue weighted by molar-refractivity contribution is 5.74. The fraction of sp³-hybridized carbons (Fsp3) is 0.333. The van der Waals surface area contributed by atoms with Gasteiger partial charge in [0.05, 0.1) is 6.61 Å². The Hall–Kier alpha value is -3.27. The summed E-state index contributed by atoms with van der Waals surface area (Å²) in [5, 5.41) is 0. The quantitative estimate of drug-likeness (QED) is 0.186. The Morgan fingerprint density at radius 1 is 0.892 bits per heavy atom. The van der Waals surface area contributed by atoms with Crippen LogP contribution in [0.15, 0.2) is 73.3 Å². The van der Waals surface area contributed by atoms with Crippen LogP contribution in [0.4, 0.5) is 13.2 Å². The van der Waals surface area contributed by atoms with Crippen LogP contribution >= 0.6 is 0 Å². The van der Waals surface area contributed by atoms with E-state index in [1.54, 1.807) is 36.4 Å². The third-order valence-corrected chi connectivity index (χ3v) is 7.20. The predicted molar refractivity (Wildman–Crippen MR) is 147 cm³/mol. The van der Waals surface area contributed by atoms with Crippen LogP contribution in [-0.4, -0.2) is 6.61 Å². The zero-order valence-corrected chi connectivity index (χ0v) is 21.5. The fourth-order valence-corrected chi connectivity index (χ4v) is 4.95. The van der Waals surface area contributed by atoms with Gasteiger partial charge in [-0.15, -0.1) is 6.58 Å². The first kappa shape index (κ1) is 26.8. The molecular weight excluding hydrogens is 469 g/mol. The van der Waals surface area contributed by atoms with E-state index >= 15 is 4.39 Å². The molecule has 1 atom stereocenters. The molecule has 4 heteroatoms. The van der Waals surface area contributed by atoms with E-state index in [4.69, 9.17) is 4.74 Å². The Bertz CT molecular complexity index is 1240. The van der Waals surface area contributed by atoms with E-state index < -0.39 is 11.6 Å². The van der Waals surface area contributed by atoms with Crippen LogP contribution in [0.1, 0.15) is 63.9 Å². The van der Waals surface area contributed by atoms with E-state index in [9.17, 15) is 8.78 Å². The molecule has 0 N–H and O–H groups in total. The molecule has 3 aromatic carbocycles. The van der Waals surface area contributed by atoms with Gasteiger partial charge in [0.1, 0.15) is 5.82 Å². The van der Waals surface area contributed by atoms with Crippen LogP contribution in [0.3, 0.4) is 0 Å². The summed E-state index contributed by atoms with van der Waals surface area (Å²) in [6.07, 6.45) is 12.3. The molecule has 0 amide bonds. The van der Waals surface area contributed by atoms with E-state index in [2.05, 4.69) is 19.6 Å². The van der Waals surface area contributed by atoms with Gasteiger partial charge >= 0.3 is 0 Å². The summed E-state index contributed by atoms with van der Waals surface area (Å²) in [6.45, 7) is 6.23. The lowest BCUT2D eigenvalue weighted by molar-refractivity contribution is 0.286. The van der Waals surface area contributed by atoms with Crippen molar-refractivity contribution in [3.05, 3.63) is 96.3 Å². The number of unbranched alkanes of at least 4 members (excludes halogenated alkanes) is 2. The summed E-state index contributed by atoms with van der Waals surface area (Å²) >= 11 is 0. The summed E-state index contributed by atoms with van der Waals surface area (Å²) in [5.41, 5.74) is 3.97. The average Bonchev–Trinajstić information content (AvgIpc) is 2.92. The van der Waals surface area contributed by atoms with Crippen molar-refractivity contribution in [1.82, 2.24) is 0 Å². The summed E-state index contributed by atoms with van der Waals surface area (Å²) in [4.78, 5) is 0. The Morgan fingerprint density at radius 3 is 2.24 bits per heavy atom. The van der Waals surface area contributed by atoms with Gasteiger partial charge in [-0.05, 0) is 84.9 Å². The van der Waals surface area contributed by atoms with Crippen LogP contribution in [-0.2, 0) is 0 Å². The molecule has 194 valence electrons. The molecule has 3 aromatic rings. The van der Waals surface area contributed by atoms with Gasteiger partial charge in [0, 0.05) is 11.1 Å². The van der Waals surface area contributed by atoms with Gasteiger partial charge in [-0.3, -0.25) is 0 Å². The zero-order chi connectivity index (χ0) is 26.2. The third kappa shape index (κ3) is 6.54. The second kappa shape index (κ2) is 12.8. The molecular formula is C33H35F3O. The number of allylic oxidation sites excluding steroid dienone is 3. The van der Waals surface area contributed by atoms with Gasteiger partial charge in [0.2, 0.25) is 5.82 Å². The van der Waals surface area contributed by atoms with Crippen LogP contribution in [0.2, 0.25) is 0 Å². The number of halogens is 3. The van der Waals surface area contributed by atoms with E-state index in [0.29, 0.717) is 29.2 Å². The highest BCUT2D eigenvalue weighted by atomic mass is 19.2. The topological polar surface area (TPSA) is 9.23 Å². The maximum Gasteiger partial charge on any atom is 0.201 e. The second-order valence-corrected chi connectivity index (χ2v) is 9.80. The molecule has 1 aliphatic rings. The summed E-state index contributed by atoms with van der Waals surface area (Å²) < 4.78 is 49.9. The summed E-state index contributed by atoms with van der Waals surface area (Å²) in [5.74, 6) is -1.61. The van der Waals surface area contributed by atoms with Crippen molar-refractivity contribution in [2.75, 3.05) is 6.61 Å².